The molecule has 0 amide bonds. The number of halogens is 2. The number of hydrogen-bond donors (Lipinski definition) is 0. The van der Waals surface area contributed by atoms with Gasteiger partial charge >= 0.3 is 0 Å². The smallest absolute Gasteiger partial charge is 0.271 e. The van der Waals surface area contributed by atoms with Crippen LogP contribution in [-0.4, -0.2) is 11.2 Å². The van der Waals surface area contributed by atoms with Crippen LogP contribution in [-0.2, 0) is 6.42 Å². The first-order chi connectivity index (χ1) is 17.5. The Kier molecular flexibility index (Phi) is 5.97. The van der Waals surface area contributed by atoms with Crippen LogP contribution in [0.1, 0.15) is 41.6 Å². The van der Waals surface area contributed by atoms with Crippen LogP contribution in [0, 0.1) is 5.82 Å². The van der Waals surface area contributed by atoms with E-state index >= 15 is 0 Å². The maximum absolute atomic E-state index is 14.3. The molecule has 1 aliphatic heterocycles. The second-order valence-corrected chi connectivity index (χ2v) is 10.7. The van der Waals surface area contributed by atoms with Gasteiger partial charge in [-0.3, -0.25) is 9.36 Å². The molecule has 7 heteroatoms. The van der Waals surface area contributed by atoms with Gasteiger partial charge in [0.25, 0.3) is 5.56 Å². The third kappa shape index (κ3) is 3.96. The molecule has 36 heavy (non-hydrogen) atoms. The van der Waals surface area contributed by atoms with Crippen molar-refractivity contribution in [1.82, 2.24) is 4.57 Å². The molecule has 180 valence electrons. The van der Waals surface area contributed by atoms with Crippen molar-refractivity contribution in [2.75, 3.05) is 6.61 Å². The number of ether oxygens (including phenoxy) is 1. The summed E-state index contributed by atoms with van der Waals surface area (Å²) in [6, 6.07) is 20.2. The van der Waals surface area contributed by atoms with Crippen molar-refractivity contribution in [3.8, 4) is 5.75 Å². The standard InChI is InChI=1S/C29H22BrFN2O2S/c1-2-35-24-13-10-17(14-23(24)30)15-25-28(34)33-27(19-7-5-8-20(31)16-19)22-12-11-18-6-3-4-9-21(18)26(22)32-29(33)36-25/h3-10,13-16,27H,2,11-12H2,1H3/b25-15+/t27-/m1/s1. The molecule has 6 rings (SSSR count). The largest absolute Gasteiger partial charge is 0.493 e. The fourth-order valence-electron chi connectivity index (χ4n) is 5.03. The van der Waals surface area contributed by atoms with Crippen LogP contribution < -0.4 is 19.6 Å². The molecule has 2 heterocycles. The lowest BCUT2D eigenvalue weighted by Gasteiger charge is -2.30. The Bertz CT molecular complexity index is 1720. The van der Waals surface area contributed by atoms with E-state index in [-0.39, 0.29) is 11.4 Å². The SMILES string of the molecule is CCOc1ccc(/C=c2/sc3n(c2=O)[C@H](c2cccc(F)c2)C2=C(N=3)c3ccccc3CC2)cc1Br. The first-order valence-corrected chi connectivity index (χ1v) is 13.5. The van der Waals surface area contributed by atoms with Crippen molar-refractivity contribution in [2.45, 2.75) is 25.8 Å². The van der Waals surface area contributed by atoms with Gasteiger partial charge in [-0.2, -0.15) is 0 Å². The van der Waals surface area contributed by atoms with E-state index in [0.29, 0.717) is 15.9 Å². The Morgan fingerprint density at radius 3 is 2.81 bits per heavy atom. The maximum atomic E-state index is 14.3. The highest BCUT2D eigenvalue weighted by Gasteiger charge is 2.32. The van der Waals surface area contributed by atoms with E-state index in [2.05, 4.69) is 28.1 Å². The Morgan fingerprint density at radius 2 is 2.00 bits per heavy atom. The van der Waals surface area contributed by atoms with Crippen LogP contribution in [0.3, 0.4) is 0 Å². The molecule has 0 radical (unpaired) electrons. The van der Waals surface area contributed by atoms with Gasteiger partial charge in [-0.1, -0.05) is 53.8 Å². The van der Waals surface area contributed by atoms with Gasteiger partial charge in [-0.05, 0) is 88.3 Å². The normalized spacial score (nSPS) is 16.8. The highest BCUT2D eigenvalue weighted by molar-refractivity contribution is 9.10. The number of hydrogen-bond acceptors (Lipinski definition) is 4. The van der Waals surface area contributed by atoms with E-state index in [1.165, 1.54) is 29.0 Å². The van der Waals surface area contributed by atoms with Crippen molar-refractivity contribution >= 4 is 39.0 Å². The zero-order valence-electron chi connectivity index (χ0n) is 19.5. The maximum Gasteiger partial charge on any atom is 0.271 e. The molecule has 1 atom stereocenters. The summed E-state index contributed by atoms with van der Waals surface area (Å²) in [6.07, 6.45) is 3.51. The van der Waals surface area contributed by atoms with E-state index in [1.54, 1.807) is 10.6 Å². The predicted octanol–water partition coefficient (Wildman–Crippen LogP) is 5.62. The highest BCUT2D eigenvalue weighted by Crippen LogP contribution is 2.41. The van der Waals surface area contributed by atoms with Gasteiger partial charge in [0.1, 0.15) is 11.6 Å². The third-order valence-electron chi connectivity index (χ3n) is 6.59. The van der Waals surface area contributed by atoms with Crippen molar-refractivity contribution in [2.24, 2.45) is 4.99 Å². The number of nitrogens with zero attached hydrogens (tertiary/aromatic N) is 2. The fourth-order valence-corrected chi connectivity index (χ4v) is 6.54. The quantitative estimate of drug-likeness (QED) is 0.325. The van der Waals surface area contributed by atoms with Gasteiger partial charge < -0.3 is 4.74 Å². The van der Waals surface area contributed by atoms with Gasteiger partial charge in [-0.25, -0.2) is 9.38 Å². The van der Waals surface area contributed by atoms with Crippen LogP contribution in [0.4, 0.5) is 4.39 Å². The lowest BCUT2D eigenvalue weighted by atomic mass is 9.83. The lowest BCUT2D eigenvalue weighted by molar-refractivity contribution is 0.338. The molecule has 2 aliphatic rings. The summed E-state index contributed by atoms with van der Waals surface area (Å²) in [5, 5.41) is 0. The van der Waals surface area contributed by atoms with Gasteiger partial charge in [0, 0.05) is 5.56 Å². The second-order valence-electron chi connectivity index (χ2n) is 8.79. The average Bonchev–Trinajstić information content (AvgIpc) is 3.18. The molecule has 0 saturated carbocycles. The van der Waals surface area contributed by atoms with E-state index in [9.17, 15) is 9.18 Å². The molecule has 4 nitrogen and oxygen atoms in total. The molecule has 1 aliphatic carbocycles. The van der Waals surface area contributed by atoms with Crippen molar-refractivity contribution < 1.29 is 9.13 Å². The minimum Gasteiger partial charge on any atom is -0.493 e. The summed E-state index contributed by atoms with van der Waals surface area (Å²) in [7, 11) is 0. The summed E-state index contributed by atoms with van der Waals surface area (Å²) < 4.78 is 23.1. The summed E-state index contributed by atoms with van der Waals surface area (Å²) in [5.41, 5.74) is 5.82. The summed E-state index contributed by atoms with van der Waals surface area (Å²) in [5.74, 6) is 0.442. The first-order valence-electron chi connectivity index (χ1n) is 11.8. The minimum atomic E-state index is -0.394. The van der Waals surface area contributed by atoms with Gasteiger partial charge in [0.05, 0.1) is 27.4 Å². The number of fused-ring (bicyclic) bond motifs is 3. The zero-order valence-corrected chi connectivity index (χ0v) is 21.9. The summed E-state index contributed by atoms with van der Waals surface area (Å²) >= 11 is 4.92. The monoisotopic (exact) mass is 560 g/mol. The van der Waals surface area contributed by atoms with E-state index in [0.717, 1.165) is 51.0 Å². The predicted molar refractivity (Wildman–Crippen MR) is 144 cm³/mol. The van der Waals surface area contributed by atoms with Crippen LogP contribution in [0.15, 0.2) is 86.6 Å². The second kappa shape index (κ2) is 9.30. The zero-order chi connectivity index (χ0) is 24.8. The minimum absolute atomic E-state index is 0.122. The molecule has 0 spiro atoms. The Labute approximate surface area is 219 Å². The van der Waals surface area contributed by atoms with Crippen molar-refractivity contribution in [3.05, 3.63) is 125 Å². The van der Waals surface area contributed by atoms with E-state index in [1.807, 2.05) is 49.4 Å². The molecule has 3 aromatic carbocycles. The van der Waals surface area contributed by atoms with Crippen LogP contribution >= 0.6 is 27.3 Å². The third-order valence-corrected chi connectivity index (χ3v) is 8.19. The summed E-state index contributed by atoms with van der Waals surface area (Å²) in [4.78, 5) is 19.4. The molecule has 0 bridgehead atoms. The van der Waals surface area contributed by atoms with Crippen LogP contribution in [0.25, 0.3) is 11.8 Å². The van der Waals surface area contributed by atoms with Gasteiger partial charge in [0.15, 0.2) is 4.80 Å². The molecule has 0 unspecified atom stereocenters. The topological polar surface area (TPSA) is 43.6 Å². The number of benzene rings is 3. The molecule has 0 fully saturated rings. The molecular formula is C29H22BrFN2O2S. The Morgan fingerprint density at radius 1 is 1.14 bits per heavy atom. The highest BCUT2D eigenvalue weighted by atomic mass is 79.9. The van der Waals surface area contributed by atoms with Gasteiger partial charge in [0.2, 0.25) is 0 Å². The summed E-state index contributed by atoms with van der Waals surface area (Å²) in [6.45, 7) is 2.51. The molecule has 1 aromatic heterocycles. The number of aryl methyl sites for hydroxylation is 1. The van der Waals surface area contributed by atoms with Crippen LogP contribution in [0.2, 0.25) is 0 Å². The van der Waals surface area contributed by atoms with Crippen LogP contribution in [0.5, 0.6) is 5.75 Å². The van der Waals surface area contributed by atoms with E-state index in [4.69, 9.17) is 9.73 Å². The average molecular weight is 561 g/mol. The number of rotatable bonds is 4. The number of thiazole rings is 1. The van der Waals surface area contributed by atoms with Crippen molar-refractivity contribution in [3.63, 3.8) is 0 Å². The van der Waals surface area contributed by atoms with Crippen molar-refractivity contribution in [1.29, 1.82) is 0 Å². The first kappa shape index (κ1) is 23.1. The van der Waals surface area contributed by atoms with E-state index < -0.39 is 6.04 Å². The molecule has 0 saturated heterocycles. The van der Waals surface area contributed by atoms with Gasteiger partial charge in [-0.15, -0.1) is 0 Å². The molecule has 4 aromatic rings. The number of allylic oxidation sites excluding steroid dienone is 1. The lowest BCUT2D eigenvalue weighted by Crippen LogP contribution is -2.38. The molecular weight excluding hydrogens is 539 g/mol. The Balaban J connectivity index is 1.57. The fraction of sp³-hybridized carbons (Fsp3) is 0.172. The molecule has 0 N–H and O–H groups in total. The number of aromatic nitrogens is 1. The Hall–Kier alpha value is -3.29.